The van der Waals surface area contributed by atoms with E-state index in [9.17, 15) is 34.2 Å². The van der Waals surface area contributed by atoms with Gasteiger partial charge in [0.1, 0.15) is 18.1 Å². The van der Waals surface area contributed by atoms with Gasteiger partial charge in [-0.2, -0.15) is 0 Å². The van der Waals surface area contributed by atoms with Crippen LogP contribution in [0.25, 0.3) is 0 Å². The van der Waals surface area contributed by atoms with E-state index in [1.54, 1.807) is 27.7 Å². The molecule has 0 saturated heterocycles. The summed E-state index contributed by atoms with van der Waals surface area (Å²) in [6, 6.07) is -5.04. The standard InChI is InChI=1S/C19H35N5O7/c1-8(2)6-12(17(28)23-14(9(3)4)19(30)31)22-18(29)15(10(5)25)24-16(27)11(20)7-13(21)26/h8-12,14-15,25H,6-7,20H2,1-5H3,(H2,21,26)(H,22,29)(H,23,28)(H,24,27)(H,30,31). The van der Waals surface area contributed by atoms with Gasteiger partial charge in [0.2, 0.25) is 23.6 Å². The number of hydrogen-bond acceptors (Lipinski definition) is 7. The van der Waals surface area contributed by atoms with Gasteiger partial charge < -0.3 is 37.6 Å². The van der Waals surface area contributed by atoms with Crippen molar-refractivity contribution < 1.29 is 34.2 Å². The summed E-state index contributed by atoms with van der Waals surface area (Å²) >= 11 is 0. The van der Waals surface area contributed by atoms with Gasteiger partial charge in [0.15, 0.2) is 0 Å². The molecule has 12 heteroatoms. The van der Waals surface area contributed by atoms with Crippen molar-refractivity contribution in [2.45, 2.75) is 77.7 Å². The van der Waals surface area contributed by atoms with Crippen molar-refractivity contribution in [3.05, 3.63) is 0 Å². The Morgan fingerprint density at radius 2 is 1.35 bits per heavy atom. The fourth-order valence-corrected chi connectivity index (χ4v) is 2.71. The van der Waals surface area contributed by atoms with Crippen LogP contribution in [0.15, 0.2) is 0 Å². The molecule has 5 unspecified atom stereocenters. The van der Waals surface area contributed by atoms with E-state index in [0.29, 0.717) is 0 Å². The average Bonchev–Trinajstić information content (AvgIpc) is 2.60. The van der Waals surface area contributed by atoms with Crippen LogP contribution >= 0.6 is 0 Å². The molecule has 31 heavy (non-hydrogen) atoms. The van der Waals surface area contributed by atoms with Crippen LogP contribution in [-0.2, 0) is 24.0 Å². The Bertz CT molecular complexity index is 666. The zero-order chi connectivity index (χ0) is 24.5. The second-order valence-electron chi connectivity index (χ2n) is 8.26. The number of nitrogens with one attached hydrogen (secondary N) is 3. The topological polar surface area (TPSA) is 214 Å². The Morgan fingerprint density at radius 1 is 0.839 bits per heavy atom. The molecule has 0 aliphatic rings. The van der Waals surface area contributed by atoms with Crippen LogP contribution in [0.4, 0.5) is 0 Å². The molecule has 0 spiro atoms. The van der Waals surface area contributed by atoms with Crippen molar-refractivity contribution in [2.24, 2.45) is 23.3 Å². The lowest BCUT2D eigenvalue weighted by atomic mass is 10.00. The molecular formula is C19H35N5O7. The molecular weight excluding hydrogens is 410 g/mol. The number of primary amides is 1. The highest BCUT2D eigenvalue weighted by Gasteiger charge is 2.33. The molecule has 0 aromatic carbocycles. The van der Waals surface area contributed by atoms with Crippen LogP contribution in [0.1, 0.15) is 47.5 Å². The number of amides is 4. The number of aliphatic hydroxyl groups excluding tert-OH is 1. The fourth-order valence-electron chi connectivity index (χ4n) is 2.71. The molecule has 0 aliphatic heterocycles. The van der Waals surface area contributed by atoms with Gasteiger partial charge in [0.25, 0.3) is 0 Å². The molecule has 0 aromatic heterocycles. The van der Waals surface area contributed by atoms with Crippen LogP contribution in [-0.4, -0.2) is 70.1 Å². The number of aliphatic carboxylic acids is 1. The van der Waals surface area contributed by atoms with Gasteiger partial charge in [-0.25, -0.2) is 4.79 Å². The summed E-state index contributed by atoms with van der Waals surface area (Å²) in [7, 11) is 0. The van der Waals surface area contributed by atoms with Crippen molar-refractivity contribution in [1.29, 1.82) is 0 Å². The van der Waals surface area contributed by atoms with Crippen molar-refractivity contribution in [3.8, 4) is 0 Å². The van der Waals surface area contributed by atoms with E-state index in [4.69, 9.17) is 11.5 Å². The Kier molecular flexibility index (Phi) is 11.7. The van der Waals surface area contributed by atoms with Gasteiger partial charge in [-0.3, -0.25) is 19.2 Å². The summed E-state index contributed by atoms with van der Waals surface area (Å²) in [5.41, 5.74) is 10.5. The van der Waals surface area contributed by atoms with Gasteiger partial charge in [0.05, 0.1) is 18.6 Å². The van der Waals surface area contributed by atoms with Crippen LogP contribution in [0.2, 0.25) is 0 Å². The van der Waals surface area contributed by atoms with E-state index in [1.807, 2.05) is 0 Å². The average molecular weight is 446 g/mol. The minimum atomic E-state index is -1.46. The third-order valence-corrected chi connectivity index (χ3v) is 4.39. The number of aliphatic hydroxyl groups is 1. The Morgan fingerprint density at radius 3 is 1.74 bits per heavy atom. The van der Waals surface area contributed by atoms with Crippen LogP contribution < -0.4 is 27.4 Å². The number of carboxylic acids is 1. The summed E-state index contributed by atoms with van der Waals surface area (Å²) in [6.45, 7) is 8.12. The number of nitrogens with two attached hydrogens (primary N) is 2. The fraction of sp³-hybridized carbons (Fsp3) is 0.737. The number of rotatable bonds is 13. The van der Waals surface area contributed by atoms with E-state index in [2.05, 4.69) is 16.0 Å². The van der Waals surface area contributed by atoms with E-state index in [0.717, 1.165) is 0 Å². The number of carbonyl (C=O) groups is 5. The first kappa shape index (κ1) is 28.3. The summed E-state index contributed by atoms with van der Waals surface area (Å²) < 4.78 is 0. The lowest BCUT2D eigenvalue weighted by Crippen LogP contribution is -2.60. The minimum absolute atomic E-state index is 0.0399. The van der Waals surface area contributed by atoms with Crippen LogP contribution in [0, 0.1) is 11.8 Å². The second kappa shape index (κ2) is 12.8. The summed E-state index contributed by atoms with van der Waals surface area (Å²) in [4.78, 5) is 59.8. The normalized spacial score (nSPS) is 16.0. The second-order valence-corrected chi connectivity index (χ2v) is 8.26. The van der Waals surface area contributed by atoms with Crippen molar-refractivity contribution in [2.75, 3.05) is 0 Å². The van der Waals surface area contributed by atoms with Gasteiger partial charge >= 0.3 is 5.97 Å². The highest BCUT2D eigenvalue weighted by Crippen LogP contribution is 2.09. The summed E-state index contributed by atoms with van der Waals surface area (Å²) in [6.07, 6.45) is -1.62. The van der Waals surface area contributed by atoms with E-state index in [1.165, 1.54) is 6.92 Å². The predicted molar refractivity (Wildman–Crippen MR) is 111 cm³/mol. The highest BCUT2D eigenvalue weighted by molar-refractivity contribution is 5.95. The molecule has 5 atom stereocenters. The van der Waals surface area contributed by atoms with Crippen LogP contribution in [0.3, 0.4) is 0 Å². The molecule has 0 aliphatic carbocycles. The number of hydrogen-bond donors (Lipinski definition) is 7. The Balaban J connectivity index is 5.44. The number of carbonyl (C=O) groups excluding carboxylic acids is 4. The third-order valence-electron chi connectivity index (χ3n) is 4.39. The van der Waals surface area contributed by atoms with Crippen molar-refractivity contribution in [1.82, 2.24) is 16.0 Å². The smallest absolute Gasteiger partial charge is 0.326 e. The zero-order valence-electron chi connectivity index (χ0n) is 18.5. The molecule has 0 saturated carbocycles. The van der Waals surface area contributed by atoms with Crippen molar-refractivity contribution in [3.63, 3.8) is 0 Å². The minimum Gasteiger partial charge on any atom is -0.480 e. The largest absolute Gasteiger partial charge is 0.480 e. The Labute approximate surface area is 181 Å². The monoisotopic (exact) mass is 445 g/mol. The molecule has 0 radical (unpaired) electrons. The first-order chi connectivity index (χ1) is 14.2. The molecule has 0 aromatic rings. The van der Waals surface area contributed by atoms with Gasteiger partial charge in [-0.15, -0.1) is 0 Å². The lowest BCUT2D eigenvalue weighted by molar-refractivity contribution is -0.143. The van der Waals surface area contributed by atoms with E-state index >= 15 is 0 Å². The predicted octanol–water partition coefficient (Wildman–Crippen LogP) is -2.19. The first-order valence-corrected chi connectivity index (χ1v) is 10.0. The van der Waals surface area contributed by atoms with E-state index < -0.39 is 72.2 Å². The molecule has 12 nitrogen and oxygen atoms in total. The molecule has 4 amide bonds. The maximum atomic E-state index is 12.7. The van der Waals surface area contributed by atoms with Crippen molar-refractivity contribution >= 4 is 29.6 Å². The zero-order valence-corrected chi connectivity index (χ0v) is 18.5. The Hall–Kier alpha value is -2.73. The van der Waals surface area contributed by atoms with Gasteiger partial charge in [0, 0.05) is 0 Å². The quantitative estimate of drug-likeness (QED) is 0.165. The third kappa shape index (κ3) is 10.2. The summed E-state index contributed by atoms with van der Waals surface area (Å²) in [5, 5.41) is 26.3. The highest BCUT2D eigenvalue weighted by atomic mass is 16.4. The van der Waals surface area contributed by atoms with E-state index in [-0.39, 0.29) is 12.3 Å². The molecule has 0 rings (SSSR count). The molecule has 0 bridgehead atoms. The maximum absolute atomic E-state index is 12.7. The number of carboxylic acid groups (broad SMARTS) is 1. The molecule has 9 N–H and O–H groups in total. The van der Waals surface area contributed by atoms with Crippen LogP contribution in [0.5, 0.6) is 0 Å². The molecule has 0 heterocycles. The van der Waals surface area contributed by atoms with Gasteiger partial charge in [-0.05, 0) is 25.2 Å². The lowest BCUT2D eigenvalue weighted by Gasteiger charge is -2.27. The summed E-state index contributed by atoms with van der Waals surface area (Å²) in [5.74, 6) is -4.91. The first-order valence-electron chi connectivity index (χ1n) is 10.0. The SMILES string of the molecule is CC(C)CC(NC(=O)C(NC(=O)C(N)CC(N)=O)C(C)O)C(=O)NC(C(=O)O)C(C)C. The molecule has 0 fully saturated rings. The maximum Gasteiger partial charge on any atom is 0.326 e. The molecule has 178 valence electrons. The van der Waals surface area contributed by atoms with Gasteiger partial charge in [-0.1, -0.05) is 27.7 Å².